The van der Waals surface area contributed by atoms with Gasteiger partial charge >= 0.3 is 5.69 Å². The number of rotatable bonds is 7. The number of hydrogen-bond acceptors (Lipinski definition) is 4. The predicted molar refractivity (Wildman–Crippen MR) is 57.9 cm³/mol. The van der Waals surface area contributed by atoms with Gasteiger partial charge in [0.2, 0.25) is 0 Å². The lowest BCUT2D eigenvalue weighted by atomic mass is 10.5. The summed E-state index contributed by atoms with van der Waals surface area (Å²) in [5.74, 6) is 0. The van der Waals surface area contributed by atoms with Crippen LogP contribution >= 0.6 is 0 Å². The first-order chi connectivity index (χ1) is 7.34. The van der Waals surface area contributed by atoms with Crippen LogP contribution in [0.1, 0.15) is 6.92 Å². The highest BCUT2D eigenvalue weighted by Crippen LogP contribution is 1.78. The number of hydrogen-bond donors (Lipinski definition) is 1. The van der Waals surface area contributed by atoms with Crippen LogP contribution < -0.4 is 11.0 Å². The molecule has 0 bridgehead atoms. The Balaban J connectivity index is 2.15. The van der Waals surface area contributed by atoms with Gasteiger partial charge in [0.15, 0.2) is 0 Å². The first-order valence-corrected chi connectivity index (χ1v) is 5.14. The quantitative estimate of drug-likeness (QED) is 0.638. The van der Waals surface area contributed by atoms with E-state index >= 15 is 0 Å². The summed E-state index contributed by atoms with van der Waals surface area (Å²) in [4.78, 5) is 14.8. The molecule has 84 valence electrons. The summed E-state index contributed by atoms with van der Waals surface area (Å²) in [5.41, 5.74) is -0.205. The molecule has 0 amide bonds. The largest absolute Gasteiger partial charge is 0.380 e. The van der Waals surface area contributed by atoms with E-state index in [0.29, 0.717) is 13.2 Å². The lowest BCUT2D eigenvalue weighted by molar-refractivity contribution is 0.149. The summed E-state index contributed by atoms with van der Waals surface area (Å²) in [5, 5.41) is 3.18. The smallest absolute Gasteiger partial charge is 0.347 e. The summed E-state index contributed by atoms with van der Waals surface area (Å²) < 4.78 is 6.74. The van der Waals surface area contributed by atoms with E-state index in [1.165, 1.54) is 6.20 Å². The van der Waals surface area contributed by atoms with Gasteiger partial charge in [0, 0.05) is 38.6 Å². The molecule has 1 heterocycles. The minimum Gasteiger partial charge on any atom is -0.380 e. The van der Waals surface area contributed by atoms with Crippen LogP contribution in [0.25, 0.3) is 0 Å². The van der Waals surface area contributed by atoms with Crippen molar-refractivity contribution in [2.24, 2.45) is 0 Å². The van der Waals surface area contributed by atoms with Crippen molar-refractivity contribution in [3.05, 3.63) is 28.9 Å². The van der Waals surface area contributed by atoms with Gasteiger partial charge in [-0.15, -0.1) is 0 Å². The third-order valence-electron chi connectivity index (χ3n) is 1.94. The molecule has 0 aliphatic heterocycles. The van der Waals surface area contributed by atoms with Gasteiger partial charge in [-0.3, -0.25) is 4.57 Å². The topological polar surface area (TPSA) is 56.1 Å². The molecule has 0 saturated heterocycles. The van der Waals surface area contributed by atoms with E-state index in [-0.39, 0.29) is 5.69 Å². The standard InChI is InChI=1S/C10H17N3O2/c1-2-15-9-6-11-5-8-13-7-3-4-12-10(13)14/h3-4,7,11H,2,5-6,8-9H2,1H3. The van der Waals surface area contributed by atoms with Crippen LogP contribution in [-0.4, -0.2) is 35.9 Å². The monoisotopic (exact) mass is 211 g/mol. The molecule has 0 unspecified atom stereocenters. The summed E-state index contributed by atoms with van der Waals surface area (Å²) in [6, 6.07) is 1.75. The Morgan fingerprint density at radius 1 is 1.53 bits per heavy atom. The highest BCUT2D eigenvalue weighted by atomic mass is 16.5. The maximum absolute atomic E-state index is 11.2. The van der Waals surface area contributed by atoms with Crippen molar-refractivity contribution in [3.63, 3.8) is 0 Å². The normalized spacial score (nSPS) is 10.5. The Hall–Kier alpha value is -1.20. The van der Waals surface area contributed by atoms with E-state index in [0.717, 1.165) is 19.7 Å². The lowest BCUT2D eigenvalue weighted by Crippen LogP contribution is -2.29. The van der Waals surface area contributed by atoms with E-state index in [1.54, 1.807) is 16.8 Å². The first-order valence-electron chi connectivity index (χ1n) is 5.14. The van der Waals surface area contributed by atoms with Gasteiger partial charge in [-0.1, -0.05) is 0 Å². The summed E-state index contributed by atoms with van der Waals surface area (Å²) in [7, 11) is 0. The Morgan fingerprint density at radius 3 is 3.13 bits per heavy atom. The second-order valence-electron chi connectivity index (χ2n) is 3.04. The van der Waals surface area contributed by atoms with E-state index in [4.69, 9.17) is 4.74 Å². The fourth-order valence-electron chi connectivity index (χ4n) is 1.17. The molecular weight excluding hydrogens is 194 g/mol. The molecule has 0 aliphatic carbocycles. The fourth-order valence-corrected chi connectivity index (χ4v) is 1.17. The molecule has 1 rings (SSSR count). The minimum atomic E-state index is -0.205. The molecule has 0 radical (unpaired) electrons. The van der Waals surface area contributed by atoms with E-state index in [1.807, 2.05) is 6.92 Å². The van der Waals surface area contributed by atoms with Crippen LogP contribution in [0.15, 0.2) is 23.3 Å². The molecular formula is C10H17N3O2. The van der Waals surface area contributed by atoms with E-state index in [2.05, 4.69) is 10.3 Å². The van der Waals surface area contributed by atoms with Crippen LogP contribution in [0.2, 0.25) is 0 Å². The van der Waals surface area contributed by atoms with Crippen LogP contribution in [0, 0.1) is 0 Å². The molecule has 0 atom stereocenters. The maximum Gasteiger partial charge on any atom is 0.347 e. The summed E-state index contributed by atoms with van der Waals surface area (Å²) in [6.07, 6.45) is 3.24. The SMILES string of the molecule is CCOCCNCCn1cccnc1=O. The van der Waals surface area contributed by atoms with Gasteiger partial charge in [-0.05, 0) is 13.0 Å². The second-order valence-corrected chi connectivity index (χ2v) is 3.04. The highest BCUT2D eigenvalue weighted by molar-refractivity contribution is 4.80. The highest BCUT2D eigenvalue weighted by Gasteiger charge is 1.93. The molecule has 0 spiro atoms. The Kier molecular flexibility index (Phi) is 5.65. The average Bonchev–Trinajstić information content (AvgIpc) is 2.25. The van der Waals surface area contributed by atoms with Gasteiger partial charge in [-0.25, -0.2) is 9.78 Å². The van der Waals surface area contributed by atoms with Crippen molar-refractivity contribution >= 4 is 0 Å². The summed E-state index contributed by atoms with van der Waals surface area (Å²) >= 11 is 0. The zero-order valence-electron chi connectivity index (χ0n) is 8.98. The number of nitrogens with zero attached hydrogens (tertiary/aromatic N) is 2. The summed E-state index contributed by atoms with van der Waals surface area (Å²) in [6.45, 7) is 5.61. The number of ether oxygens (including phenoxy) is 1. The van der Waals surface area contributed by atoms with Crippen LogP contribution in [0.4, 0.5) is 0 Å². The zero-order chi connectivity index (χ0) is 10.9. The van der Waals surface area contributed by atoms with Gasteiger partial charge in [0.1, 0.15) is 0 Å². The third-order valence-corrected chi connectivity index (χ3v) is 1.94. The van der Waals surface area contributed by atoms with Crippen molar-refractivity contribution in [1.29, 1.82) is 0 Å². The van der Waals surface area contributed by atoms with Gasteiger partial charge in [0.25, 0.3) is 0 Å². The van der Waals surface area contributed by atoms with Crippen molar-refractivity contribution in [1.82, 2.24) is 14.9 Å². The van der Waals surface area contributed by atoms with Crippen LogP contribution in [0.5, 0.6) is 0 Å². The van der Waals surface area contributed by atoms with E-state index < -0.39 is 0 Å². The molecule has 0 aromatic carbocycles. The average molecular weight is 211 g/mol. The Labute approximate surface area is 89.1 Å². The molecule has 1 aromatic heterocycles. The molecule has 0 saturated carbocycles. The van der Waals surface area contributed by atoms with Crippen molar-refractivity contribution in [2.45, 2.75) is 13.5 Å². The van der Waals surface area contributed by atoms with Gasteiger partial charge < -0.3 is 10.1 Å². The third kappa shape index (κ3) is 4.71. The zero-order valence-corrected chi connectivity index (χ0v) is 8.98. The molecule has 1 N–H and O–H groups in total. The molecule has 5 nitrogen and oxygen atoms in total. The van der Waals surface area contributed by atoms with Gasteiger partial charge in [-0.2, -0.15) is 0 Å². The molecule has 0 fully saturated rings. The van der Waals surface area contributed by atoms with E-state index in [9.17, 15) is 4.79 Å². The predicted octanol–water partition coefficient (Wildman–Crippen LogP) is -0.131. The van der Waals surface area contributed by atoms with Crippen molar-refractivity contribution < 1.29 is 4.74 Å². The Morgan fingerprint density at radius 2 is 2.40 bits per heavy atom. The number of aromatic nitrogens is 2. The molecule has 15 heavy (non-hydrogen) atoms. The molecule has 5 heteroatoms. The van der Waals surface area contributed by atoms with Crippen LogP contribution in [0.3, 0.4) is 0 Å². The maximum atomic E-state index is 11.2. The van der Waals surface area contributed by atoms with Crippen molar-refractivity contribution in [3.8, 4) is 0 Å². The first kappa shape index (κ1) is 11.9. The second kappa shape index (κ2) is 7.14. The van der Waals surface area contributed by atoms with Crippen molar-refractivity contribution in [2.75, 3.05) is 26.3 Å². The Bertz CT molecular complexity index is 324. The lowest BCUT2D eigenvalue weighted by Gasteiger charge is -2.06. The molecule has 1 aromatic rings. The minimum absolute atomic E-state index is 0.205. The van der Waals surface area contributed by atoms with Gasteiger partial charge in [0.05, 0.1) is 6.61 Å². The number of nitrogens with one attached hydrogen (secondary N) is 1. The van der Waals surface area contributed by atoms with Crippen LogP contribution in [-0.2, 0) is 11.3 Å². The molecule has 0 aliphatic rings. The fraction of sp³-hybridized carbons (Fsp3) is 0.600.